The van der Waals surface area contributed by atoms with Gasteiger partial charge in [0.15, 0.2) is 6.29 Å². The third kappa shape index (κ3) is 2.86. The standard InChI is InChI=1S/C10H19NO2S/c11-4-3-8-7-12-10(13-8)6-9-2-1-5-14-9/h8-10H,1-7,11H2. The lowest BCUT2D eigenvalue weighted by atomic mass is 10.2. The van der Waals surface area contributed by atoms with E-state index < -0.39 is 0 Å². The highest BCUT2D eigenvalue weighted by Crippen LogP contribution is 2.32. The van der Waals surface area contributed by atoms with Crippen LogP contribution in [0.1, 0.15) is 25.7 Å². The van der Waals surface area contributed by atoms with Crippen LogP contribution in [0.15, 0.2) is 0 Å². The molecule has 0 bridgehead atoms. The molecule has 2 N–H and O–H groups in total. The molecule has 3 nitrogen and oxygen atoms in total. The van der Waals surface area contributed by atoms with Gasteiger partial charge in [-0.05, 0) is 31.6 Å². The second-order valence-electron chi connectivity index (χ2n) is 3.97. The molecule has 0 amide bonds. The lowest BCUT2D eigenvalue weighted by Gasteiger charge is -2.14. The number of ether oxygens (including phenoxy) is 2. The Bertz CT molecular complexity index is 174. The Labute approximate surface area is 89.7 Å². The van der Waals surface area contributed by atoms with Gasteiger partial charge in [-0.25, -0.2) is 0 Å². The van der Waals surface area contributed by atoms with E-state index in [-0.39, 0.29) is 12.4 Å². The van der Waals surface area contributed by atoms with Crippen LogP contribution in [0.4, 0.5) is 0 Å². The summed E-state index contributed by atoms with van der Waals surface area (Å²) in [5.74, 6) is 1.31. The van der Waals surface area contributed by atoms with Crippen LogP contribution in [0, 0.1) is 0 Å². The van der Waals surface area contributed by atoms with Gasteiger partial charge >= 0.3 is 0 Å². The lowest BCUT2D eigenvalue weighted by Crippen LogP contribution is -2.18. The molecule has 2 rings (SSSR count). The van der Waals surface area contributed by atoms with E-state index in [4.69, 9.17) is 15.2 Å². The van der Waals surface area contributed by atoms with Crippen molar-refractivity contribution in [3.05, 3.63) is 0 Å². The first-order valence-electron chi connectivity index (χ1n) is 5.47. The van der Waals surface area contributed by atoms with Crippen molar-refractivity contribution in [3.63, 3.8) is 0 Å². The van der Waals surface area contributed by atoms with Crippen molar-refractivity contribution in [1.82, 2.24) is 0 Å². The molecule has 0 saturated carbocycles. The average Bonchev–Trinajstić information content (AvgIpc) is 2.79. The quantitative estimate of drug-likeness (QED) is 0.772. The van der Waals surface area contributed by atoms with Crippen LogP contribution < -0.4 is 5.73 Å². The maximum atomic E-state index is 5.75. The van der Waals surface area contributed by atoms with Gasteiger partial charge in [0.1, 0.15) is 0 Å². The van der Waals surface area contributed by atoms with E-state index in [1.807, 2.05) is 0 Å². The van der Waals surface area contributed by atoms with Crippen molar-refractivity contribution in [2.75, 3.05) is 18.9 Å². The molecule has 0 aliphatic carbocycles. The second kappa shape index (κ2) is 5.35. The minimum absolute atomic E-state index is 0.0437. The predicted molar refractivity (Wildman–Crippen MR) is 58.4 cm³/mol. The zero-order valence-electron chi connectivity index (χ0n) is 8.48. The van der Waals surface area contributed by atoms with E-state index >= 15 is 0 Å². The van der Waals surface area contributed by atoms with Crippen molar-refractivity contribution in [2.24, 2.45) is 5.73 Å². The van der Waals surface area contributed by atoms with Gasteiger partial charge in [0.05, 0.1) is 12.7 Å². The van der Waals surface area contributed by atoms with Gasteiger partial charge in [0.25, 0.3) is 0 Å². The van der Waals surface area contributed by atoms with E-state index in [2.05, 4.69) is 11.8 Å². The third-order valence-corrected chi connectivity index (χ3v) is 4.20. The predicted octanol–water partition coefficient (Wildman–Crippen LogP) is 1.36. The van der Waals surface area contributed by atoms with E-state index in [1.165, 1.54) is 18.6 Å². The smallest absolute Gasteiger partial charge is 0.159 e. The molecule has 2 fully saturated rings. The normalized spacial score (nSPS) is 37.9. The summed E-state index contributed by atoms with van der Waals surface area (Å²) < 4.78 is 11.3. The maximum absolute atomic E-state index is 5.75. The Hall–Kier alpha value is 0.230. The zero-order valence-corrected chi connectivity index (χ0v) is 9.30. The van der Waals surface area contributed by atoms with Crippen LogP contribution in [-0.4, -0.2) is 36.5 Å². The Morgan fingerprint density at radius 1 is 1.43 bits per heavy atom. The van der Waals surface area contributed by atoms with Gasteiger partial charge in [-0.1, -0.05) is 0 Å². The maximum Gasteiger partial charge on any atom is 0.159 e. The highest BCUT2D eigenvalue weighted by atomic mass is 32.2. The molecule has 3 unspecified atom stereocenters. The van der Waals surface area contributed by atoms with E-state index in [0.29, 0.717) is 6.54 Å². The van der Waals surface area contributed by atoms with Crippen LogP contribution in [0.5, 0.6) is 0 Å². The Morgan fingerprint density at radius 3 is 3.07 bits per heavy atom. The summed E-state index contributed by atoms with van der Waals surface area (Å²) in [7, 11) is 0. The fourth-order valence-corrected chi connectivity index (χ4v) is 3.31. The molecule has 14 heavy (non-hydrogen) atoms. The van der Waals surface area contributed by atoms with Gasteiger partial charge in [-0.3, -0.25) is 0 Å². The Balaban J connectivity index is 1.67. The second-order valence-corrected chi connectivity index (χ2v) is 5.38. The first-order chi connectivity index (χ1) is 6.88. The molecule has 4 heteroatoms. The van der Waals surface area contributed by atoms with Crippen molar-refractivity contribution in [1.29, 1.82) is 0 Å². The van der Waals surface area contributed by atoms with Gasteiger partial charge in [0.2, 0.25) is 0 Å². The lowest BCUT2D eigenvalue weighted by molar-refractivity contribution is -0.0623. The summed E-state index contributed by atoms with van der Waals surface area (Å²) in [6, 6.07) is 0. The number of rotatable bonds is 4. The van der Waals surface area contributed by atoms with Crippen LogP contribution in [0.2, 0.25) is 0 Å². The molecule has 2 aliphatic heterocycles. The largest absolute Gasteiger partial charge is 0.350 e. The Kier molecular flexibility index (Phi) is 4.10. The third-order valence-electron chi connectivity index (χ3n) is 2.78. The van der Waals surface area contributed by atoms with Crippen molar-refractivity contribution < 1.29 is 9.47 Å². The Morgan fingerprint density at radius 2 is 2.36 bits per heavy atom. The van der Waals surface area contributed by atoms with Crippen LogP contribution in [0.3, 0.4) is 0 Å². The molecule has 0 aromatic rings. The van der Waals surface area contributed by atoms with Crippen molar-refractivity contribution >= 4 is 11.8 Å². The molecule has 3 atom stereocenters. The highest BCUT2D eigenvalue weighted by molar-refractivity contribution is 8.00. The molecule has 0 aromatic heterocycles. The first-order valence-corrected chi connectivity index (χ1v) is 6.52. The molecule has 0 radical (unpaired) electrons. The summed E-state index contributed by atoms with van der Waals surface area (Å²) in [4.78, 5) is 0. The number of nitrogens with two attached hydrogens (primary N) is 1. The SMILES string of the molecule is NCCC1COC(CC2CCCS2)O1. The zero-order chi connectivity index (χ0) is 9.80. The topological polar surface area (TPSA) is 44.5 Å². The molecular weight excluding hydrogens is 198 g/mol. The van der Waals surface area contributed by atoms with E-state index in [1.54, 1.807) is 0 Å². The minimum atomic E-state index is 0.0437. The number of hydrogen-bond acceptors (Lipinski definition) is 4. The first kappa shape index (κ1) is 10.7. The molecule has 0 aromatic carbocycles. The molecule has 82 valence electrons. The van der Waals surface area contributed by atoms with E-state index in [0.717, 1.165) is 24.7 Å². The summed E-state index contributed by atoms with van der Waals surface area (Å²) in [6.45, 7) is 1.43. The fraction of sp³-hybridized carbons (Fsp3) is 1.00. The van der Waals surface area contributed by atoms with Crippen molar-refractivity contribution in [2.45, 2.75) is 43.3 Å². The van der Waals surface area contributed by atoms with Gasteiger partial charge < -0.3 is 15.2 Å². The monoisotopic (exact) mass is 217 g/mol. The summed E-state index contributed by atoms with van der Waals surface area (Å²) >= 11 is 2.06. The van der Waals surface area contributed by atoms with Gasteiger partial charge in [-0.15, -0.1) is 0 Å². The molecule has 2 heterocycles. The summed E-state index contributed by atoms with van der Waals surface area (Å²) in [5.41, 5.74) is 5.48. The molecular formula is C10H19NO2S. The summed E-state index contributed by atoms with van der Waals surface area (Å²) in [5, 5.41) is 0.761. The highest BCUT2D eigenvalue weighted by Gasteiger charge is 2.29. The number of thioether (sulfide) groups is 1. The van der Waals surface area contributed by atoms with E-state index in [9.17, 15) is 0 Å². The van der Waals surface area contributed by atoms with Crippen LogP contribution >= 0.6 is 11.8 Å². The number of hydrogen-bond donors (Lipinski definition) is 1. The summed E-state index contributed by atoms with van der Waals surface area (Å²) in [6.07, 6.45) is 4.96. The van der Waals surface area contributed by atoms with Gasteiger partial charge in [0, 0.05) is 11.7 Å². The fourth-order valence-electron chi connectivity index (χ4n) is 2.01. The molecule has 2 saturated heterocycles. The minimum Gasteiger partial charge on any atom is -0.350 e. The average molecular weight is 217 g/mol. The van der Waals surface area contributed by atoms with Crippen molar-refractivity contribution in [3.8, 4) is 0 Å². The van der Waals surface area contributed by atoms with Crippen LogP contribution in [-0.2, 0) is 9.47 Å². The van der Waals surface area contributed by atoms with Gasteiger partial charge in [-0.2, -0.15) is 11.8 Å². The molecule has 0 spiro atoms. The van der Waals surface area contributed by atoms with Crippen LogP contribution in [0.25, 0.3) is 0 Å². The molecule has 2 aliphatic rings.